The maximum atomic E-state index is 12.6. The lowest BCUT2D eigenvalue weighted by Gasteiger charge is -2.08. The number of nitrogens with zero attached hydrogens (tertiary/aromatic N) is 2. The summed E-state index contributed by atoms with van der Waals surface area (Å²) in [5.74, 6) is 0.389. The third kappa shape index (κ3) is 20.3. The van der Waals surface area contributed by atoms with E-state index in [2.05, 4.69) is 28.6 Å². The largest absolute Gasteiger partial charge is 0.494 e. The summed E-state index contributed by atoms with van der Waals surface area (Å²) in [4.78, 5) is 4.25. The van der Waals surface area contributed by atoms with Gasteiger partial charge in [-0.1, -0.05) is 129 Å². The summed E-state index contributed by atoms with van der Waals surface area (Å²) < 4.78 is 34.7. The van der Waals surface area contributed by atoms with Crippen LogP contribution >= 0.6 is 0 Å². The number of hydrogen-bond donors (Lipinski definition) is 3. The van der Waals surface area contributed by atoms with Crippen LogP contribution < -0.4 is 21.5 Å². The zero-order chi connectivity index (χ0) is 30.0. The Morgan fingerprint density at radius 2 is 1.10 bits per heavy atom. The first-order valence-corrected chi connectivity index (χ1v) is 17.7. The van der Waals surface area contributed by atoms with Crippen molar-refractivity contribution in [1.29, 1.82) is 0 Å². The SMILES string of the molecule is CCCCCCCCCCCCCCOc1ccc(S(=O)(=O)N=C(N)NC(N)=NCCCCCCCCCC)cc1. The van der Waals surface area contributed by atoms with Crippen molar-refractivity contribution >= 4 is 21.9 Å². The Balaban J connectivity index is 2.24. The Kier molecular flexibility index (Phi) is 21.8. The minimum atomic E-state index is -3.98. The molecule has 236 valence electrons. The minimum Gasteiger partial charge on any atom is -0.494 e. The third-order valence-electron chi connectivity index (χ3n) is 7.16. The molecule has 9 heteroatoms. The second kappa shape index (κ2) is 24.3. The average Bonchev–Trinajstić information content (AvgIpc) is 2.94. The molecule has 0 amide bonds. The number of nitrogens with two attached hydrogens (primary N) is 2. The highest BCUT2D eigenvalue weighted by Crippen LogP contribution is 2.18. The minimum absolute atomic E-state index is 0.0365. The van der Waals surface area contributed by atoms with Crippen molar-refractivity contribution in [3.05, 3.63) is 24.3 Å². The van der Waals surface area contributed by atoms with E-state index in [0.29, 0.717) is 18.9 Å². The Morgan fingerprint density at radius 1 is 0.659 bits per heavy atom. The molecule has 5 N–H and O–H groups in total. The van der Waals surface area contributed by atoms with E-state index in [4.69, 9.17) is 16.2 Å². The van der Waals surface area contributed by atoms with Gasteiger partial charge in [0.2, 0.25) is 5.96 Å². The maximum absolute atomic E-state index is 12.6. The van der Waals surface area contributed by atoms with Crippen molar-refractivity contribution in [1.82, 2.24) is 5.32 Å². The number of ether oxygens (including phenoxy) is 1. The average molecular weight is 594 g/mol. The second-order valence-corrected chi connectivity index (χ2v) is 12.6. The van der Waals surface area contributed by atoms with Gasteiger partial charge in [0, 0.05) is 6.54 Å². The molecule has 1 rings (SSSR count). The molecule has 0 aliphatic carbocycles. The predicted octanol–water partition coefficient (Wildman–Crippen LogP) is 7.81. The van der Waals surface area contributed by atoms with Gasteiger partial charge in [-0.05, 0) is 37.1 Å². The van der Waals surface area contributed by atoms with E-state index in [1.54, 1.807) is 12.1 Å². The first-order valence-electron chi connectivity index (χ1n) is 16.3. The van der Waals surface area contributed by atoms with Crippen molar-refractivity contribution in [2.75, 3.05) is 13.2 Å². The van der Waals surface area contributed by atoms with Crippen LogP contribution in [0.15, 0.2) is 38.6 Å². The summed E-state index contributed by atoms with van der Waals surface area (Å²) in [5, 5.41) is 2.56. The lowest BCUT2D eigenvalue weighted by Crippen LogP contribution is -2.42. The van der Waals surface area contributed by atoms with Crippen LogP contribution in [0.2, 0.25) is 0 Å². The van der Waals surface area contributed by atoms with Crippen molar-refractivity contribution in [2.45, 2.75) is 147 Å². The molecule has 0 aliphatic rings. The molecule has 41 heavy (non-hydrogen) atoms. The highest BCUT2D eigenvalue weighted by atomic mass is 32.2. The Hall–Kier alpha value is -2.29. The van der Waals surface area contributed by atoms with Crippen LogP contribution in [0.5, 0.6) is 5.75 Å². The van der Waals surface area contributed by atoms with Crippen LogP contribution in [0.4, 0.5) is 0 Å². The Morgan fingerprint density at radius 3 is 1.59 bits per heavy atom. The smallest absolute Gasteiger partial charge is 0.285 e. The number of hydrogen-bond acceptors (Lipinski definition) is 4. The highest BCUT2D eigenvalue weighted by molar-refractivity contribution is 7.90. The van der Waals surface area contributed by atoms with Crippen LogP contribution in [-0.4, -0.2) is 33.5 Å². The molecule has 0 bridgehead atoms. The predicted molar refractivity (Wildman–Crippen MR) is 174 cm³/mol. The highest BCUT2D eigenvalue weighted by Gasteiger charge is 2.14. The summed E-state index contributed by atoms with van der Waals surface area (Å²) in [6.45, 7) is 5.66. The van der Waals surface area contributed by atoms with E-state index in [9.17, 15) is 8.42 Å². The van der Waals surface area contributed by atoms with Crippen LogP contribution in [0.1, 0.15) is 142 Å². The first kappa shape index (κ1) is 36.7. The number of nitrogens with one attached hydrogen (secondary N) is 1. The van der Waals surface area contributed by atoms with Gasteiger partial charge in [-0.3, -0.25) is 10.3 Å². The number of guanidine groups is 2. The standard InChI is InChI=1S/C32H59N5O3S/c1-3-5-7-9-11-13-14-15-16-18-20-22-28-40-29-23-25-30(26-24-29)41(38,39)37-32(34)36-31(33)35-27-21-19-17-12-10-8-6-4-2/h23-26H,3-22,27-28H2,1-2H3,(H5,33,34,35,36,37). The summed E-state index contributed by atoms with van der Waals surface area (Å²) in [7, 11) is -3.98. The van der Waals surface area contributed by atoms with Gasteiger partial charge in [-0.2, -0.15) is 8.42 Å². The normalized spacial score (nSPS) is 12.5. The molecule has 1 aromatic rings. The molecule has 0 atom stereocenters. The summed E-state index contributed by atoms with van der Waals surface area (Å²) in [6.07, 6.45) is 25.2. The van der Waals surface area contributed by atoms with Crippen LogP contribution in [0.3, 0.4) is 0 Å². The topological polar surface area (TPSA) is 132 Å². The summed E-state index contributed by atoms with van der Waals surface area (Å²) in [5.41, 5.74) is 11.6. The Labute approximate surface area is 251 Å². The molecule has 0 saturated heterocycles. The molecule has 0 aliphatic heterocycles. The van der Waals surface area contributed by atoms with Gasteiger partial charge in [0.05, 0.1) is 11.5 Å². The molecule has 0 radical (unpaired) electrons. The molecule has 0 heterocycles. The van der Waals surface area contributed by atoms with Crippen molar-refractivity contribution in [3.8, 4) is 5.75 Å². The maximum Gasteiger partial charge on any atom is 0.285 e. The summed E-state index contributed by atoms with van der Waals surface area (Å²) in [6, 6.07) is 6.24. The number of aliphatic imine (C=N–C) groups is 1. The molecule has 0 spiro atoms. The van der Waals surface area contributed by atoms with Crippen LogP contribution in [0.25, 0.3) is 0 Å². The molecule has 0 unspecified atom stereocenters. The zero-order valence-corrected chi connectivity index (χ0v) is 26.9. The molecule has 0 aromatic heterocycles. The van der Waals surface area contributed by atoms with Crippen molar-refractivity contribution in [3.63, 3.8) is 0 Å². The number of sulfonamides is 1. The van der Waals surface area contributed by atoms with Gasteiger partial charge in [0.25, 0.3) is 10.0 Å². The van der Waals surface area contributed by atoms with Crippen LogP contribution in [0, 0.1) is 0 Å². The third-order valence-corrected chi connectivity index (χ3v) is 8.46. The van der Waals surface area contributed by atoms with E-state index in [1.807, 2.05) is 0 Å². The van der Waals surface area contributed by atoms with E-state index in [1.165, 1.54) is 115 Å². The number of benzene rings is 1. The first-order chi connectivity index (χ1) is 19.9. The molecule has 0 saturated carbocycles. The molecule has 0 fully saturated rings. The molecular formula is C32H59N5O3S. The Bertz CT molecular complexity index is 933. The van der Waals surface area contributed by atoms with Gasteiger partial charge in [0.15, 0.2) is 5.96 Å². The molecule has 1 aromatic carbocycles. The van der Waals surface area contributed by atoms with Gasteiger partial charge in [-0.25, -0.2) is 0 Å². The van der Waals surface area contributed by atoms with Gasteiger partial charge >= 0.3 is 0 Å². The van der Waals surface area contributed by atoms with Gasteiger partial charge in [-0.15, -0.1) is 4.40 Å². The summed E-state index contributed by atoms with van der Waals surface area (Å²) >= 11 is 0. The zero-order valence-electron chi connectivity index (χ0n) is 26.0. The molecule has 8 nitrogen and oxygen atoms in total. The fraction of sp³-hybridized carbons (Fsp3) is 0.750. The van der Waals surface area contributed by atoms with E-state index < -0.39 is 10.0 Å². The van der Waals surface area contributed by atoms with E-state index in [-0.39, 0.29) is 16.8 Å². The van der Waals surface area contributed by atoms with Crippen LogP contribution in [-0.2, 0) is 10.0 Å². The monoisotopic (exact) mass is 593 g/mol. The fourth-order valence-corrected chi connectivity index (χ4v) is 5.55. The van der Waals surface area contributed by atoms with Crippen molar-refractivity contribution in [2.24, 2.45) is 20.9 Å². The van der Waals surface area contributed by atoms with Gasteiger partial charge in [0.1, 0.15) is 5.75 Å². The number of unbranched alkanes of at least 4 members (excludes halogenated alkanes) is 18. The lowest BCUT2D eigenvalue weighted by molar-refractivity contribution is 0.304. The number of rotatable bonds is 25. The quantitative estimate of drug-likeness (QED) is 0.0601. The second-order valence-electron chi connectivity index (χ2n) is 11.0. The fourth-order valence-electron chi connectivity index (χ4n) is 4.66. The molecular weight excluding hydrogens is 534 g/mol. The van der Waals surface area contributed by atoms with Crippen molar-refractivity contribution < 1.29 is 13.2 Å². The lowest BCUT2D eigenvalue weighted by atomic mass is 10.1. The van der Waals surface area contributed by atoms with E-state index in [0.717, 1.165) is 25.7 Å². The van der Waals surface area contributed by atoms with Gasteiger partial charge < -0.3 is 16.2 Å². The van der Waals surface area contributed by atoms with E-state index >= 15 is 0 Å².